The molecular weight excluding hydrogens is 439 g/mol. The fourth-order valence-corrected chi connectivity index (χ4v) is 3.71. The second-order valence-corrected chi connectivity index (χ2v) is 7.35. The molecule has 2 fully saturated rings. The molecule has 2 aromatic rings. The molecule has 1 aromatic heterocycles. The minimum atomic E-state index is -2.80. The number of aromatic nitrogens is 2. The molecule has 1 N–H and O–H groups in total. The molecule has 166 valence electrons. The van der Waals surface area contributed by atoms with Crippen molar-refractivity contribution >= 4 is 30.7 Å². The molecule has 0 saturated carbocycles. The molecule has 0 radical (unpaired) electrons. The number of hydrogen-bond donors (Lipinski definition) is 1. The van der Waals surface area contributed by atoms with E-state index in [4.69, 9.17) is 4.52 Å². The van der Waals surface area contributed by atoms with Crippen LogP contribution < -0.4 is 5.32 Å². The van der Waals surface area contributed by atoms with Crippen molar-refractivity contribution in [2.75, 3.05) is 32.7 Å². The molecule has 2 saturated heterocycles. The van der Waals surface area contributed by atoms with Gasteiger partial charge in [-0.3, -0.25) is 15.0 Å². The van der Waals surface area contributed by atoms with E-state index >= 15 is 0 Å². The maximum absolute atomic E-state index is 13.3. The molecule has 0 aliphatic carbocycles. The van der Waals surface area contributed by atoms with Crippen LogP contribution in [0.1, 0.15) is 25.3 Å². The van der Waals surface area contributed by atoms with Crippen molar-refractivity contribution in [1.82, 2.24) is 25.3 Å². The van der Waals surface area contributed by atoms with Crippen LogP contribution in [0.25, 0.3) is 11.4 Å². The Bertz CT molecular complexity index is 831. The second-order valence-electron chi connectivity index (χ2n) is 7.35. The number of carbonyl (C=O) groups is 1. The summed E-state index contributed by atoms with van der Waals surface area (Å²) in [5.74, 6) is -1.97. The van der Waals surface area contributed by atoms with Crippen LogP contribution in [0.2, 0.25) is 0 Å². The summed E-state index contributed by atoms with van der Waals surface area (Å²) in [5, 5.41) is 6.69. The van der Waals surface area contributed by atoms with E-state index in [0.717, 1.165) is 5.56 Å². The Labute approximate surface area is 186 Å². The van der Waals surface area contributed by atoms with E-state index in [1.807, 2.05) is 37.3 Å². The number of halogens is 4. The topological polar surface area (TPSA) is 74.5 Å². The smallest absolute Gasteiger partial charge is 0.262 e. The molecule has 2 aliphatic rings. The highest BCUT2D eigenvalue weighted by molar-refractivity contribution is 5.85. The Kier molecular flexibility index (Phi) is 8.15. The summed E-state index contributed by atoms with van der Waals surface area (Å²) < 4.78 is 32.1. The number of nitrogens with one attached hydrogen (secondary N) is 1. The first kappa shape index (κ1) is 24.5. The van der Waals surface area contributed by atoms with Gasteiger partial charge in [-0.05, 0) is 6.92 Å². The van der Waals surface area contributed by atoms with Crippen LogP contribution in [-0.2, 0) is 4.79 Å². The average Bonchev–Trinajstić information content (AvgIpc) is 3.34. The van der Waals surface area contributed by atoms with Crippen molar-refractivity contribution < 1.29 is 18.1 Å². The van der Waals surface area contributed by atoms with E-state index in [1.165, 1.54) is 0 Å². The zero-order chi connectivity index (χ0) is 19.7. The number of rotatable bonds is 4. The van der Waals surface area contributed by atoms with Crippen LogP contribution in [-0.4, -0.2) is 70.5 Å². The maximum atomic E-state index is 13.3. The Morgan fingerprint density at radius 3 is 2.47 bits per heavy atom. The van der Waals surface area contributed by atoms with Crippen molar-refractivity contribution in [2.45, 2.75) is 31.4 Å². The number of amides is 1. The zero-order valence-corrected chi connectivity index (χ0v) is 18.1. The third kappa shape index (κ3) is 5.26. The lowest BCUT2D eigenvalue weighted by atomic mass is 10.1. The molecule has 2 unspecified atom stereocenters. The highest BCUT2D eigenvalue weighted by Gasteiger charge is 2.44. The van der Waals surface area contributed by atoms with Crippen molar-refractivity contribution in [3.63, 3.8) is 0 Å². The Balaban J connectivity index is 0.00000160. The van der Waals surface area contributed by atoms with Gasteiger partial charge in [0.15, 0.2) is 0 Å². The normalized spacial score (nSPS) is 22.1. The molecular formula is C19H25Cl2F2N5O2. The highest BCUT2D eigenvalue weighted by Crippen LogP contribution is 2.27. The second kappa shape index (κ2) is 10.00. The summed E-state index contributed by atoms with van der Waals surface area (Å²) in [4.78, 5) is 20.8. The lowest BCUT2D eigenvalue weighted by Crippen LogP contribution is -2.53. The van der Waals surface area contributed by atoms with Crippen LogP contribution in [0.3, 0.4) is 0 Å². The largest absolute Gasteiger partial charge is 0.339 e. The van der Waals surface area contributed by atoms with Gasteiger partial charge in [0.2, 0.25) is 17.6 Å². The Morgan fingerprint density at radius 2 is 1.87 bits per heavy atom. The quantitative estimate of drug-likeness (QED) is 0.751. The third-order valence-corrected chi connectivity index (χ3v) is 5.41. The zero-order valence-electron chi connectivity index (χ0n) is 16.5. The molecule has 30 heavy (non-hydrogen) atoms. The molecule has 4 rings (SSSR count). The number of benzene rings is 1. The van der Waals surface area contributed by atoms with E-state index in [1.54, 1.807) is 4.90 Å². The SMILES string of the molecule is CC(c1nc(-c2ccccc2)no1)N1CCN(C(=O)C2CC(F)(F)CN2)CC1.Cl.Cl. The molecule has 1 amide bonds. The molecule has 7 nitrogen and oxygen atoms in total. The van der Waals surface area contributed by atoms with E-state index in [0.29, 0.717) is 37.9 Å². The predicted octanol–water partition coefficient (Wildman–Crippen LogP) is 2.78. The van der Waals surface area contributed by atoms with Crippen LogP contribution in [0.4, 0.5) is 8.78 Å². The van der Waals surface area contributed by atoms with E-state index in [-0.39, 0.29) is 36.8 Å². The number of carbonyl (C=O) groups excluding carboxylic acids is 1. The summed E-state index contributed by atoms with van der Waals surface area (Å²) in [7, 11) is 0. The first-order chi connectivity index (χ1) is 13.4. The van der Waals surface area contributed by atoms with Crippen molar-refractivity contribution in [2.24, 2.45) is 0 Å². The van der Waals surface area contributed by atoms with Gasteiger partial charge in [0.05, 0.1) is 18.6 Å². The lowest BCUT2D eigenvalue weighted by molar-refractivity contribution is -0.135. The third-order valence-electron chi connectivity index (χ3n) is 5.41. The summed E-state index contributed by atoms with van der Waals surface area (Å²) in [6, 6.07) is 8.73. The fraction of sp³-hybridized carbons (Fsp3) is 0.526. The molecule has 2 aliphatic heterocycles. The van der Waals surface area contributed by atoms with E-state index < -0.39 is 24.9 Å². The predicted molar refractivity (Wildman–Crippen MR) is 112 cm³/mol. The summed E-state index contributed by atoms with van der Waals surface area (Å²) in [6.45, 7) is 3.79. The molecule has 1 aromatic carbocycles. The minimum absolute atomic E-state index is 0. The summed E-state index contributed by atoms with van der Waals surface area (Å²) >= 11 is 0. The summed E-state index contributed by atoms with van der Waals surface area (Å²) in [6.07, 6.45) is -0.424. The lowest BCUT2D eigenvalue weighted by Gasteiger charge is -2.37. The van der Waals surface area contributed by atoms with Crippen molar-refractivity contribution in [1.29, 1.82) is 0 Å². The van der Waals surface area contributed by atoms with Gasteiger partial charge in [0.25, 0.3) is 5.92 Å². The van der Waals surface area contributed by atoms with Gasteiger partial charge in [-0.25, -0.2) is 8.78 Å². The number of nitrogens with zero attached hydrogens (tertiary/aromatic N) is 4. The average molecular weight is 464 g/mol. The van der Waals surface area contributed by atoms with Gasteiger partial charge in [0, 0.05) is 38.2 Å². The van der Waals surface area contributed by atoms with Gasteiger partial charge in [0.1, 0.15) is 0 Å². The van der Waals surface area contributed by atoms with Crippen LogP contribution >= 0.6 is 24.8 Å². The summed E-state index contributed by atoms with van der Waals surface area (Å²) in [5.41, 5.74) is 0.890. The van der Waals surface area contributed by atoms with Gasteiger partial charge < -0.3 is 9.42 Å². The van der Waals surface area contributed by atoms with Crippen molar-refractivity contribution in [3.8, 4) is 11.4 Å². The molecule has 11 heteroatoms. The monoisotopic (exact) mass is 463 g/mol. The standard InChI is InChI=1S/C19H23F2N5O2.2ClH/c1-13(17-23-16(24-28-17)14-5-3-2-4-6-14)25-7-9-26(10-8-25)18(27)15-11-19(20,21)12-22-15;;/h2-6,13,15,22H,7-12H2,1H3;2*1H. The minimum Gasteiger partial charge on any atom is -0.339 e. The Hall–Kier alpha value is -1.81. The van der Waals surface area contributed by atoms with Gasteiger partial charge in [-0.15, -0.1) is 24.8 Å². The van der Waals surface area contributed by atoms with Crippen LogP contribution in [0.5, 0.6) is 0 Å². The number of alkyl halides is 2. The number of hydrogen-bond acceptors (Lipinski definition) is 6. The van der Waals surface area contributed by atoms with Gasteiger partial charge in [-0.1, -0.05) is 35.5 Å². The maximum Gasteiger partial charge on any atom is 0.262 e. The first-order valence-corrected chi connectivity index (χ1v) is 9.46. The van der Waals surface area contributed by atoms with Gasteiger partial charge >= 0.3 is 0 Å². The van der Waals surface area contributed by atoms with Crippen molar-refractivity contribution in [3.05, 3.63) is 36.2 Å². The first-order valence-electron chi connectivity index (χ1n) is 9.46. The molecule has 3 heterocycles. The fourth-order valence-electron chi connectivity index (χ4n) is 3.71. The number of piperazine rings is 1. The van der Waals surface area contributed by atoms with Crippen LogP contribution in [0, 0.1) is 0 Å². The molecule has 0 bridgehead atoms. The molecule has 2 atom stereocenters. The van der Waals surface area contributed by atoms with E-state index in [9.17, 15) is 13.6 Å². The highest BCUT2D eigenvalue weighted by atomic mass is 35.5. The van der Waals surface area contributed by atoms with Crippen LogP contribution in [0.15, 0.2) is 34.9 Å². The van der Waals surface area contributed by atoms with Gasteiger partial charge in [-0.2, -0.15) is 4.98 Å². The van der Waals surface area contributed by atoms with E-state index in [2.05, 4.69) is 20.4 Å². The Morgan fingerprint density at radius 1 is 1.20 bits per heavy atom. The molecule has 0 spiro atoms.